The molecular weight excluding hydrogens is 426 g/mol. The van der Waals surface area contributed by atoms with E-state index in [0.29, 0.717) is 24.0 Å². The molecule has 1 aromatic carbocycles. The van der Waals surface area contributed by atoms with Crippen LogP contribution in [0.2, 0.25) is 0 Å². The van der Waals surface area contributed by atoms with Gasteiger partial charge in [0.15, 0.2) is 11.2 Å². The molecule has 2 aromatic heterocycles. The van der Waals surface area contributed by atoms with E-state index in [-0.39, 0.29) is 24.3 Å². The lowest BCUT2D eigenvalue weighted by Crippen LogP contribution is -2.38. The molecule has 0 bridgehead atoms. The second kappa shape index (κ2) is 11.0. The SMILES string of the molecule is CCCCCCNc1nc2c(c(=O)n(C)c(=O)n2C)n1C[C@H](O)COc1ccc(OC)cc1. The van der Waals surface area contributed by atoms with E-state index in [4.69, 9.17) is 9.47 Å². The van der Waals surface area contributed by atoms with Crippen molar-refractivity contribution in [1.29, 1.82) is 0 Å². The molecule has 10 nitrogen and oxygen atoms in total. The number of nitrogens with one attached hydrogen (secondary N) is 1. The third-order valence-corrected chi connectivity index (χ3v) is 5.56. The smallest absolute Gasteiger partial charge is 0.332 e. The van der Waals surface area contributed by atoms with E-state index in [0.717, 1.165) is 30.3 Å². The van der Waals surface area contributed by atoms with Crippen LogP contribution in [0.3, 0.4) is 0 Å². The number of hydrogen-bond acceptors (Lipinski definition) is 7. The molecule has 2 N–H and O–H groups in total. The summed E-state index contributed by atoms with van der Waals surface area (Å²) in [5.74, 6) is 1.75. The Morgan fingerprint density at radius 3 is 2.42 bits per heavy atom. The molecule has 0 fully saturated rings. The van der Waals surface area contributed by atoms with Crippen LogP contribution in [0.15, 0.2) is 33.9 Å². The molecule has 10 heteroatoms. The number of aliphatic hydroxyl groups is 1. The number of anilines is 1. The number of aliphatic hydroxyl groups excluding tert-OH is 1. The van der Waals surface area contributed by atoms with E-state index in [1.807, 2.05) is 0 Å². The number of benzene rings is 1. The van der Waals surface area contributed by atoms with E-state index in [9.17, 15) is 14.7 Å². The average Bonchev–Trinajstić information content (AvgIpc) is 3.18. The zero-order valence-electron chi connectivity index (χ0n) is 19.7. The molecule has 1 atom stereocenters. The van der Waals surface area contributed by atoms with Crippen molar-refractivity contribution in [2.45, 2.75) is 45.3 Å². The molecule has 3 aromatic rings. The Kier molecular flexibility index (Phi) is 8.16. The summed E-state index contributed by atoms with van der Waals surface area (Å²) in [4.78, 5) is 29.8. The Hall–Kier alpha value is -3.27. The summed E-state index contributed by atoms with van der Waals surface area (Å²) in [5.41, 5.74) is -0.362. The van der Waals surface area contributed by atoms with Crippen LogP contribution in [0.1, 0.15) is 32.6 Å². The number of ether oxygens (including phenoxy) is 2. The Balaban J connectivity index is 1.83. The van der Waals surface area contributed by atoms with Crippen molar-refractivity contribution >= 4 is 17.1 Å². The van der Waals surface area contributed by atoms with Gasteiger partial charge in [-0.05, 0) is 30.7 Å². The number of nitrogens with zero attached hydrogens (tertiary/aromatic N) is 4. The van der Waals surface area contributed by atoms with Gasteiger partial charge in [0, 0.05) is 20.6 Å². The number of aromatic nitrogens is 4. The van der Waals surface area contributed by atoms with Crippen molar-refractivity contribution in [2.24, 2.45) is 14.1 Å². The first-order chi connectivity index (χ1) is 15.9. The van der Waals surface area contributed by atoms with Crippen LogP contribution in [0.4, 0.5) is 5.95 Å². The Labute approximate surface area is 192 Å². The largest absolute Gasteiger partial charge is 0.497 e. The van der Waals surface area contributed by atoms with Crippen molar-refractivity contribution in [3.8, 4) is 11.5 Å². The monoisotopic (exact) mass is 459 g/mol. The fourth-order valence-electron chi connectivity index (χ4n) is 3.64. The first kappa shape index (κ1) is 24.4. The van der Waals surface area contributed by atoms with Crippen LogP contribution in [0, 0.1) is 0 Å². The highest BCUT2D eigenvalue weighted by Gasteiger charge is 2.21. The van der Waals surface area contributed by atoms with Crippen LogP contribution < -0.4 is 26.0 Å². The molecule has 180 valence electrons. The number of rotatable bonds is 12. The molecule has 0 radical (unpaired) electrons. The molecule has 0 amide bonds. The van der Waals surface area contributed by atoms with Gasteiger partial charge in [-0.25, -0.2) is 4.79 Å². The van der Waals surface area contributed by atoms with Crippen molar-refractivity contribution in [3.63, 3.8) is 0 Å². The fraction of sp³-hybridized carbons (Fsp3) is 0.522. The number of hydrogen-bond donors (Lipinski definition) is 2. The molecule has 2 heterocycles. The van der Waals surface area contributed by atoms with Crippen LogP contribution in [-0.4, -0.2) is 50.2 Å². The van der Waals surface area contributed by atoms with Crippen molar-refractivity contribution in [1.82, 2.24) is 18.7 Å². The minimum absolute atomic E-state index is 0.0218. The lowest BCUT2D eigenvalue weighted by Gasteiger charge is -2.16. The quantitative estimate of drug-likeness (QED) is 0.398. The summed E-state index contributed by atoms with van der Waals surface area (Å²) in [6, 6.07) is 7.06. The number of fused-ring (bicyclic) bond motifs is 1. The summed E-state index contributed by atoms with van der Waals surface area (Å²) in [5, 5.41) is 14.0. The third-order valence-electron chi connectivity index (χ3n) is 5.56. The molecule has 0 unspecified atom stereocenters. The zero-order chi connectivity index (χ0) is 24.0. The minimum Gasteiger partial charge on any atom is -0.497 e. The zero-order valence-corrected chi connectivity index (χ0v) is 19.7. The Bertz CT molecular complexity index is 1180. The topological polar surface area (TPSA) is 113 Å². The van der Waals surface area contributed by atoms with Crippen molar-refractivity contribution in [3.05, 3.63) is 45.1 Å². The van der Waals surface area contributed by atoms with Gasteiger partial charge >= 0.3 is 5.69 Å². The maximum atomic E-state index is 12.9. The molecule has 33 heavy (non-hydrogen) atoms. The summed E-state index contributed by atoms with van der Waals surface area (Å²) in [6.07, 6.45) is 3.41. The van der Waals surface area contributed by atoms with Gasteiger partial charge in [-0.2, -0.15) is 4.98 Å². The number of aryl methyl sites for hydroxylation is 1. The van der Waals surface area contributed by atoms with Crippen LogP contribution in [0.25, 0.3) is 11.2 Å². The van der Waals surface area contributed by atoms with E-state index in [2.05, 4.69) is 17.2 Å². The van der Waals surface area contributed by atoms with Crippen LogP contribution in [-0.2, 0) is 20.6 Å². The molecular formula is C23H33N5O5. The van der Waals surface area contributed by atoms with Gasteiger partial charge in [0.25, 0.3) is 5.56 Å². The maximum Gasteiger partial charge on any atom is 0.332 e. The van der Waals surface area contributed by atoms with E-state index in [1.165, 1.54) is 11.6 Å². The highest BCUT2D eigenvalue weighted by atomic mass is 16.5. The predicted octanol–water partition coefficient (Wildman–Crippen LogP) is 1.87. The summed E-state index contributed by atoms with van der Waals surface area (Å²) in [6.45, 7) is 2.93. The Morgan fingerprint density at radius 2 is 1.76 bits per heavy atom. The normalized spacial score (nSPS) is 12.2. The van der Waals surface area contributed by atoms with Crippen molar-refractivity contribution in [2.75, 3.05) is 25.6 Å². The lowest BCUT2D eigenvalue weighted by molar-refractivity contribution is 0.0938. The van der Waals surface area contributed by atoms with Gasteiger partial charge in [-0.3, -0.25) is 13.9 Å². The molecule has 3 rings (SSSR count). The molecule has 0 aliphatic carbocycles. The molecule has 0 aliphatic heterocycles. The molecule has 0 spiro atoms. The third kappa shape index (κ3) is 5.57. The highest BCUT2D eigenvalue weighted by Crippen LogP contribution is 2.19. The van der Waals surface area contributed by atoms with Gasteiger partial charge in [-0.1, -0.05) is 26.2 Å². The second-order valence-electron chi connectivity index (χ2n) is 8.05. The van der Waals surface area contributed by atoms with E-state index in [1.54, 1.807) is 43.0 Å². The number of unbranched alkanes of at least 4 members (excludes halogenated alkanes) is 3. The first-order valence-electron chi connectivity index (χ1n) is 11.2. The van der Waals surface area contributed by atoms with Crippen molar-refractivity contribution < 1.29 is 14.6 Å². The van der Waals surface area contributed by atoms with Gasteiger partial charge in [0.2, 0.25) is 5.95 Å². The Morgan fingerprint density at radius 1 is 1.06 bits per heavy atom. The number of imidazole rings is 1. The van der Waals surface area contributed by atoms with Gasteiger partial charge in [0.1, 0.15) is 24.2 Å². The van der Waals surface area contributed by atoms with Gasteiger partial charge in [-0.15, -0.1) is 0 Å². The maximum absolute atomic E-state index is 12.9. The minimum atomic E-state index is -0.910. The summed E-state index contributed by atoms with van der Waals surface area (Å²) in [7, 11) is 4.60. The highest BCUT2D eigenvalue weighted by molar-refractivity contribution is 5.74. The van der Waals surface area contributed by atoms with Gasteiger partial charge in [0.05, 0.1) is 13.7 Å². The standard InChI is InChI=1S/C23H33N5O5/c1-5-6-7-8-13-24-22-25-20-19(21(30)27(3)23(31)26(20)2)28(22)14-16(29)15-33-18-11-9-17(32-4)10-12-18/h9-12,16,29H,5-8,13-15H2,1-4H3,(H,24,25)/t16-/m0/s1. The lowest BCUT2D eigenvalue weighted by atomic mass is 10.2. The predicted molar refractivity (Wildman–Crippen MR) is 127 cm³/mol. The fourth-order valence-corrected chi connectivity index (χ4v) is 3.64. The molecule has 0 saturated carbocycles. The average molecular weight is 460 g/mol. The van der Waals surface area contributed by atoms with E-state index < -0.39 is 17.4 Å². The molecule has 0 saturated heterocycles. The number of methoxy groups -OCH3 is 1. The summed E-state index contributed by atoms with van der Waals surface area (Å²) >= 11 is 0. The van der Waals surface area contributed by atoms with Gasteiger partial charge < -0.3 is 24.5 Å². The second-order valence-corrected chi connectivity index (χ2v) is 8.05. The molecule has 0 aliphatic rings. The summed E-state index contributed by atoms with van der Waals surface area (Å²) < 4.78 is 14.9. The van der Waals surface area contributed by atoms with Crippen LogP contribution in [0.5, 0.6) is 11.5 Å². The van der Waals surface area contributed by atoms with Crippen LogP contribution >= 0.6 is 0 Å². The first-order valence-corrected chi connectivity index (χ1v) is 11.2. The van der Waals surface area contributed by atoms with E-state index >= 15 is 0 Å².